The van der Waals surface area contributed by atoms with Crippen molar-refractivity contribution in [3.05, 3.63) is 48.8 Å². The molecule has 1 aliphatic heterocycles. The third-order valence-corrected chi connectivity index (χ3v) is 4.03. The second kappa shape index (κ2) is 7.06. The summed E-state index contributed by atoms with van der Waals surface area (Å²) in [6.07, 6.45) is 12.0. The first-order valence-corrected chi connectivity index (χ1v) is 7.75. The number of likely N-dealkylation sites (tertiary alicyclic amines) is 1. The molecular formula is C16H21N5O. The number of hydrogen-bond donors (Lipinski definition) is 1. The van der Waals surface area contributed by atoms with Crippen molar-refractivity contribution in [3.8, 4) is 0 Å². The average molecular weight is 299 g/mol. The number of nitrogens with zero attached hydrogens (tertiary/aromatic N) is 4. The first-order chi connectivity index (χ1) is 10.8. The topological polar surface area (TPSA) is 63.1 Å². The highest BCUT2D eigenvalue weighted by atomic mass is 16.2. The van der Waals surface area contributed by atoms with Crippen LogP contribution in [0.1, 0.15) is 30.9 Å². The quantitative estimate of drug-likeness (QED) is 0.861. The zero-order chi connectivity index (χ0) is 15.2. The first-order valence-electron chi connectivity index (χ1n) is 7.75. The Bertz CT molecular complexity index is 584. The minimum atomic E-state index is 0.0324. The van der Waals surface area contributed by atoms with Crippen LogP contribution in [0.15, 0.2) is 43.2 Å². The van der Waals surface area contributed by atoms with E-state index in [4.69, 9.17) is 0 Å². The fourth-order valence-corrected chi connectivity index (χ4v) is 2.92. The third-order valence-electron chi connectivity index (χ3n) is 4.03. The lowest BCUT2D eigenvalue weighted by Crippen LogP contribution is -2.40. The molecule has 1 aliphatic rings. The Morgan fingerprint density at radius 1 is 1.27 bits per heavy atom. The van der Waals surface area contributed by atoms with Crippen LogP contribution < -0.4 is 5.32 Å². The molecular weight excluding hydrogens is 278 g/mol. The molecule has 1 fully saturated rings. The Kier molecular flexibility index (Phi) is 4.68. The highest BCUT2D eigenvalue weighted by Crippen LogP contribution is 2.31. The van der Waals surface area contributed by atoms with Crippen LogP contribution in [0.4, 0.5) is 4.79 Å². The van der Waals surface area contributed by atoms with E-state index in [0.717, 1.165) is 32.4 Å². The summed E-state index contributed by atoms with van der Waals surface area (Å²) in [7, 11) is 0. The molecule has 1 saturated heterocycles. The molecule has 0 spiro atoms. The van der Waals surface area contributed by atoms with Crippen LogP contribution in [0, 0.1) is 0 Å². The van der Waals surface area contributed by atoms with E-state index in [1.54, 1.807) is 24.9 Å². The zero-order valence-corrected chi connectivity index (χ0v) is 12.6. The van der Waals surface area contributed by atoms with Crippen molar-refractivity contribution in [3.63, 3.8) is 0 Å². The van der Waals surface area contributed by atoms with E-state index in [1.807, 2.05) is 27.8 Å². The molecule has 6 nitrogen and oxygen atoms in total. The largest absolute Gasteiger partial charge is 0.338 e. The minimum absolute atomic E-state index is 0.0324. The van der Waals surface area contributed by atoms with E-state index < -0.39 is 0 Å². The van der Waals surface area contributed by atoms with Gasteiger partial charge in [-0.15, -0.1) is 0 Å². The second-order valence-electron chi connectivity index (χ2n) is 5.52. The van der Waals surface area contributed by atoms with Gasteiger partial charge in [0.05, 0.1) is 12.4 Å². The molecule has 116 valence electrons. The molecule has 2 amide bonds. The number of nitrogens with one attached hydrogen (secondary N) is 1. The van der Waals surface area contributed by atoms with E-state index in [2.05, 4.69) is 15.3 Å². The number of carbonyl (C=O) groups is 1. The molecule has 0 radical (unpaired) electrons. The molecule has 0 saturated carbocycles. The van der Waals surface area contributed by atoms with Crippen molar-refractivity contribution in [2.45, 2.75) is 31.8 Å². The van der Waals surface area contributed by atoms with Gasteiger partial charge < -0.3 is 14.8 Å². The van der Waals surface area contributed by atoms with Crippen molar-refractivity contribution in [1.82, 2.24) is 24.8 Å². The maximum Gasteiger partial charge on any atom is 0.317 e. The number of rotatable bonds is 5. The average Bonchev–Trinajstić information content (AvgIpc) is 3.23. The highest BCUT2D eigenvalue weighted by Gasteiger charge is 2.29. The van der Waals surface area contributed by atoms with Gasteiger partial charge in [-0.25, -0.2) is 9.78 Å². The van der Waals surface area contributed by atoms with Gasteiger partial charge in [-0.3, -0.25) is 4.98 Å². The normalized spacial score (nSPS) is 17.6. The predicted octanol–water partition coefficient (Wildman–Crippen LogP) is 2.21. The first kappa shape index (κ1) is 14.6. The Balaban J connectivity index is 1.48. The Hall–Kier alpha value is -2.37. The van der Waals surface area contributed by atoms with Crippen molar-refractivity contribution in [2.24, 2.45) is 0 Å². The molecule has 3 rings (SSSR count). The smallest absolute Gasteiger partial charge is 0.317 e. The minimum Gasteiger partial charge on any atom is -0.338 e. The van der Waals surface area contributed by atoms with Gasteiger partial charge in [0.25, 0.3) is 0 Å². The maximum atomic E-state index is 12.4. The monoisotopic (exact) mass is 299 g/mol. The summed E-state index contributed by atoms with van der Waals surface area (Å²) in [5, 5.41) is 3.02. The number of hydrogen-bond acceptors (Lipinski definition) is 3. The number of pyridine rings is 1. The Labute approximate surface area is 130 Å². The lowest BCUT2D eigenvalue weighted by molar-refractivity contribution is 0.192. The highest BCUT2D eigenvalue weighted by molar-refractivity contribution is 5.75. The van der Waals surface area contributed by atoms with Gasteiger partial charge in [0.15, 0.2) is 0 Å². The molecule has 0 unspecified atom stereocenters. The predicted molar refractivity (Wildman–Crippen MR) is 83.2 cm³/mol. The molecule has 0 aliphatic carbocycles. The fourth-order valence-electron chi connectivity index (χ4n) is 2.92. The van der Waals surface area contributed by atoms with Gasteiger partial charge in [-0.2, -0.15) is 0 Å². The Morgan fingerprint density at radius 2 is 2.14 bits per heavy atom. The lowest BCUT2D eigenvalue weighted by Gasteiger charge is -2.25. The van der Waals surface area contributed by atoms with Crippen LogP contribution in [0.5, 0.6) is 0 Å². The van der Waals surface area contributed by atoms with E-state index in [-0.39, 0.29) is 12.1 Å². The lowest BCUT2D eigenvalue weighted by atomic mass is 10.1. The molecule has 1 N–H and O–H groups in total. The molecule has 6 heteroatoms. The summed E-state index contributed by atoms with van der Waals surface area (Å²) in [5.41, 5.74) is 1.17. The van der Waals surface area contributed by atoms with Crippen molar-refractivity contribution >= 4 is 6.03 Å². The molecule has 2 aromatic rings. The fraction of sp³-hybridized carbons (Fsp3) is 0.438. The van der Waals surface area contributed by atoms with Gasteiger partial charge >= 0.3 is 6.03 Å². The van der Waals surface area contributed by atoms with E-state index >= 15 is 0 Å². The molecule has 22 heavy (non-hydrogen) atoms. The molecule has 0 bridgehead atoms. The maximum absolute atomic E-state index is 12.4. The van der Waals surface area contributed by atoms with Crippen LogP contribution in [0.25, 0.3) is 0 Å². The van der Waals surface area contributed by atoms with Crippen LogP contribution in [-0.4, -0.2) is 38.6 Å². The number of urea groups is 1. The summed E-state index contributed by atoms with van der Waals surface area (Å²) in [6, 6.07) is 4.20. The van der Waals surface area contributed by atoms with Gasteiger partial charge in [0, 0.05) is 44.4 Å². The number of carbonyl (C=O) groups excluding carboxylic acids is 1. The van der Waals surface area contributed by atoms with Gasteiger partial charge in [0.2, 0.25) is 0 Å². The molecule has 1 atom stereocenters. The van der Waals surface area contributed by atoms with Crippen LogP contribution in [0.3, 0.4) is 0 Å². The van der Waals surface area contributed by atoms with Crippen LogP contribution in [0.2, 0.25) is 0 Å². The number of aryl methyl sites for hydroxylation is 1. The van der Waals surface area contributed by atoms with E-state index in [0.29, 0.717) is 6.54 Å². The zero-order valence-electron chi connectivity index (χ0n) is 12.6. The number of imidazole rings is 1. The Morgan fingerprint density at radius 3 is 2.91 bits per heavy atom. The third kappa shape index (κ3) is 3.44. The summed E-state index contributed by atoms with van der Waals surface area (Å²) in [4.78, 5) is 22.4. The van der Waals surface area contributed by atoms with Gasteiger partial charge in [-0.05, 0) is 37.0 Å². The summed E-state index contributed by atoms with van der Waals surface area (Å²) >= 11 is 0. The van der Waals surface area contributed by atoms with Crippen LogP contribution in [-0.2, 0) is 6.54 Å². The molecule has 2 aromatic heterocycles. The summed E-state index contributed by atoms with van der Waals surface area (Å²) in [6.45, 7) is 2.37. The SMILES string of the molecule is O=C(NCCCn1ccnc1)N1CCC[C@@H]1c1ccncc1. The summed E-state index contributed by atoms with van der Waals surface area (Å²) in [5.74, 6) is 0. The number of amides is 2. The standard InChI is InChI=1S/C16H21N5O/c22-16(19-6-2-10-20-12-9-18-13-20)21-11-1-3-15(21)14-4-7-17-8-5-14/h4-5,7-9,12-13,15H,1-3,6,10-11H2,(H,19,22)/t15-/m1/s1. The van der Waals surface area contributed by atoms with Crippen molar-refractivity contribution in [1.29, 1.82) is 0 Å². The van der Waals surface area contributed by atoms with Crippen molar-refractivity contribution < 1.29 is 4.79 Å². The van der Waals surface area contributed by atoms with Gasteiger partial charge in [-0.1, -0.05) is 0 Å². The van der Waals surface area contributed by atoms with E-state index in [1.165, 1.54) is 5.56 Å². The molecule has 0 aromatic carbocycles. The number of aromatic nitrogens is 3. The summed E-state index contributed by atoms with van der Waals surface area (Å²) < 4.78 is 2.02. The van der Waals surface area contributed by atoms with E-state index in [9.17, 15) is 4.79 Å². The second-order valence-corrected chi connectivity index (χ2v) is 5.52. The molecule has 3 heterocycles. The van der Waals surface area contributed by atoms with Crippen LogP contribution >= 0.6 is 0 Å². The van der Waals surface area contributed by atoms with Gasteiger partial charge in [0.1, 0.15) is 0 Å². The van der Waals surface area contributed by atoms with Crippen molar-refractivity contribution in [2.75, 3.05) is 13.1 Å².